The van der Waals surface area contributed by atoms with Gasteiger partial charge in [0.2, 0.25) is 5.91 Å². The lowest BCUT2D eigenvalue weighted by Crippen LogP contribution is -2.53. The Bertz CT molecular complexity index is 1000. The number of para-hydroxylation sites is 2. The molecule has 1 saturated heterocycles. The molecule has 4 rings (SSSR count). The summed E-state index contributed by atoms with van der Waals surface area (Å²) < 4.78 is 5.99. The number of nitrogens with one attached hydrogen (secondary N) is 1. The molecule has 3 amide bonds. The number of aryl methyl sites for hydroxylation is 1. The molecule has 0 spiro atoms. The first kappa shape index (κ1) is 21.9. The SMILES string of the molecule is Cc1ccccc1C(=O)NCCC(=O)N1C[C@H](C(=O)N2CCCCC2)Oc2ccccc21. The smallest absolute Gasteiger partial charge is 0.265 e. The van der Waals surface area contributed by atoms with Crippen molar-refractivity contribution >= 4 is 23.4 Å². The lowest BCUT2D eigenvalue weighted by molar-refractivity contribution is -0.139. The predicted octanol–water partition coefficient (Wildman–Crippen LogP) is 2.92. The second-order valence-electron chi connectivity index (χ2n) is 8.29. The highest BCUT2D eigenvalue weighted by molar-refractivity contribution is 5.98. The number of anilines is 1. The molecule has 2 heterocycles. The van der Waals surface area contributed by atoms with E-state index in [4.69, 9.17) is 4.74 Å². The molecule has 2 aromatic carbocycles. The molecule has 0 unspecified atom stereocenters. The fraction of sp³-hybridized carbons (Fsp3) is 0.400. The highest BCUT2D eigenvalue weighted by atomic mass is 16.5. The van der Waals surface area contributed by atoms with Crippen LogP contribution in [0.5, 0.6) is 5.75 Å². The Labute approximate surface area is 188 Å². The zero-order chi connectivity index (χ0) is 22.5. The second kappa shape index (κ2) is 9.85. The van der Waals surface area contributed by atoms with E-state index in [-0.39, 0.29) is 37.2 Å². The highest BCUT2D eigenvalue weighted by Gasteiger charge is 2.36. The molecule has 0 saturated carbocycles. The average Bonchev–Trinajstić information content (AvgIpc) is 2.83. The molecule has 32 heavy (non-hydrogen) atoms. The maximum atomic E-state index is 13.1. The van der Waals surface area contributed by atoms with Crippen molar-refractivity contribution in [3.63, 3.8) is 0 Å². The average molecular weight is 436 g/mol. The Morgan fingerprint density at radius 3 is 2.50 bits per heavy atom. The highest BCUT2D eigenvalue weighted by Crippen LogP contribution is 2.34. The topological polar surface area (TPSA) is 79.0 Å². The van der Waals surface area contributed by atoms with Gasteiger partial charge in [0.15, 0.2) is 6.10 Å². The van der Waals surface area contributed by atoms with Gasteiger partial charge in [-0.1, -0.05) is 30.3 Å². The van der Waals surface area contributed by atoms with Crippen LogP contribution >= 0.6 is 0 Å². The summed E-state index contributed by atoms with van der Waals surface area (Å²) in [5.74, 6) is 0.120. The van der Waals surface area contributed by atoms with Gasteiger partial charge in [0.1, 0.15) is 5.75 Å². The molecule has 168 valence electrons. The summed E-state index contributed by atoms with van der Waals surface area (Å²) in [4.78, 5) is 42.0. The van der Waals surface area contributed by atoms with Crippen molar-refractivity contribution in [3.8, 4) is 5.75 Å². The maximum Gasteiger partial charge on any atom is 0.265 e. The summed E-state index contributed by atoms with van der Waals surface area (Å²) in [5.41, 5.74) is 2.15. The van der Waals surface area contributed by atoms with Crippen molar-refractivity contribution in [3.05, 3.63) is 59.7 Å². The molecule has 1 fully saturated rings. The minimum absolute atomic E-state index is 0.0649. The number of amides is 3. The third-order valence-electron chi connectivity index (χ3n) is 6.03. The number of ether oxygens (including phenoxy) is 1. The van der Waals surface area contributed by atoms with Crippen LogP contribution in [0.2, 0.25) is 0 Å². The fourth-order valence-corrected chi connectivity index (χ4v) is 4.26. The number of nitrogens with zero attached hydrogens (tertiary/aromatic N) is 2. The van der Waals surface area contributed by atoms with E-state index in [0.29, 0.717) is 17.0 Å². The number of benzene rings is 2. The summed E-state index contributed by atoms with van der Waals surface area (Å²) in [7, 11) is 0. The number of hydrogen-bond donors (Lipinski definition) is 1. The lowest BCUT2D eigenvalue weighted by atomic mass is 10.1. The lowest BCUT2D eigenvalue weighted by Gasteiger charge is -2.37. The summed E-state index contributed by atoms with van der Waals surface area (Å²) in [6.07, 6.45) is 2.55. The molecule has 1 N–H and O–H groups in total. The van der Waals surface area contributed by atoms with Gasteiger partial charge in [-0.2, -0.15) is 0 Å². The van der Waals surface area contributed by atoms with E-state index in [1.54, 1.807) is 17.0 Å². The first-order chi connectivity index (χ1) is 15.5. The van der Waals surface area contributed by atoms with Gasteiger partial charge in [0.25, 0.3) is 11.8 Å². The van der Waals surface area contributed by atoms with Crippen LogP contribution in [0, 0.1) is 6.92 Å². The molecular weight excluding hydrogens is 406 g/mol. The van der Waals surface area contributed by atoms with Crippen LogP contribution < -0.4 is 15.0 Å². The summed E-state index contributed by atoms with van der Waals surface area (Å²) >= 11 is 0. The van der Waals surface area contributed by atoms with E-state index in [0.717, 1.165) is 37.9 Å². The van der Waals surface area contributed by atoms with Crippen LogP contribution in [0.25, 0.3) is 0 Å². The molecule has 7 heteroatoms. The molecule has 2 aliphatic rings. The van der Waals surface area contributed by atoms with E-state index in [1.165, 1.54) is 0 Å². The summed E-state index contributed by atoms with van der Waals surface area (Å²) in [6, 6.07) is 14.6. The zero-order valence-electron chi connectivity index (χ0n) is 18.4. The molecular formula is C25H29N3O4. The number of carbonyl (C=O) groups excluding carboxylic acids is 3. The normalized spacial score (nSPS) is 17.8. The largest absolute Gasteiger partial charge is 0.476 e. The Morgan fingerprint density at radius 1 is 1.00 bits per heavy atom. The van der Waals surface area contributed by atoms with Crippen LogP contribution in [-0.4, -0.2) is 54.9 Å². The number of rotatable bonds is 5. The van der Waals surface area contributed by atoms with Crippen molar-refractivity contribution < 1.29 is 19.1 Å². The van der Waals surface area contributed by atoms with Gasteiger partial charge in [-0.05, 0) is 49.9 Å². The van der Waals surface area contributed by atoms with Gasteiger partial charge < -0.3 is 19.9 Å². The molecule has 0 radical (unpaired) electrons. The zero-order valence-corrected chi connectivity index (χ0v) is 18.4. The Hall–Kier alpha value is -3.35. The number of carbonyl (C=O) groups is 3. The Kier molecular flexibility index (Phi) is 6.73. The molecule has 0 aromatic heterocycles. The van der Waals surface area contributed by atoms with Crippen LogP contribution in [0.3, 0.4) is 0 Å². The van der Waals surface area contributed by atoms with E-state index in [2.05, 4.69) is 5.32 Å². The van der Waals surface area contributed by atoms with Crippen molar-refractivity contribution in [2.24, 2.45) is 0 Å². The first-order valence-corrected chi connectivity index (χ1v) is 11.2. The van der Waals surface area contributed by atoms with Crippen molar-refractivity contribution in [2.45, 2.75) is 38.7 Å². The molecule has 2 aromatic rings. The standard InChI is InChI=1S/C25H29N3O4/c1-18-9-3-4-10-19(18)24(30)26-14-13-23(29)28-17-22(25(31)27-15-7-2-8-16-27)32-21-12-6-5-11-20(21)28/h3-6,9-12,22H,2,7-8,13-17H2,1H3,(H,26,30)/t22-/m1/s1. The van der Waals surface area contributed by atoms with E-state index in [9.17, 15) is 14.4 Å². The monoisotopic (exact) mass is 435 g/mol. The summed E-state index contributed by atoms with van der Waals surface area (Å²) in [6.45, 7) is 3.75. The van der Waals surface area contributed by atoms with Gasteiger partial charge in [-0.15, -0.1) is 0 Å². The van der Waals surface area contributed by atoms with Crippen molar-refractivity contribution in [1.29, 1.82) is 0 Å². The predicted molar refractivity (Wildman–Crippen MR) is 122 cm³/mol. The Balaban J connectivity index is 1.41. The van der Waals surface area contributed by atoms with Crippen LogP contribution in [-0.2, 0) is 9.59 Å². The third-order valence-corrected chi connectivity index (χ3v) is 6.03. The van der Waals surface area contributed by atoms with Gasteiger partial charge in [-0.25, -0.2) is 0 Å². The molecule has 7 nitrogen and oxygen atoms in total. The number of likely N-dealkylation sites (tertiary alicyclic amines) is 1. The molecule has 2 aliphatic heterocycles. The molecule has 0 bridgehead atoms. The van der Waals surface area contributed by atoms with Crippen LogP contribution in [0.15, 0.2) is 48.5 Å². The van der Waals surface area contributed by atoms with E-state index in [1.807, 2.05) is 48.2 Å². The van der Waals surface area contributed by atoms with Gasteiger partial charge >= 0.3 is 0 Å². The maximum absolute atomic E-state index is 13.1. The molecule has 0 aliphatic carbocycles. The minimum Gasteiger partial charge on any atom is -0.476 e. The second-order valence-corrected chi connectivity index (χ2v) is 8.29. The first-order valence-electron chi connectivity index (χ1n) is 11.2. The quantitative estimate of drug-likeness (QED) is 0.783. The minimum atomic E-state index is -0.714. The van der Waals surface area contributed by atoms with Gasteiger partial charge in [-0.3, -0.25) is 14.4 Å². The van der Waals surface area contributed by atoms with Crippen LogP contribution in [0.1, 0.15) is 41.6 Å². The fourth-order valence-electron chi connectivity index (χ4n) is 4.26. The van der Waals surface area contributed by atoms with Gasteiger partial charge in [0, 0.05) is 31.6 Å². The third kappa shape index (κ3) is 4.77. The van der Waals surface area contributed by atoms with Crippen molar-refractivity contribution in [1.82, 2.24) is 10.2 Å². The van der Waals surface area contributed by atoms with E-state index < -0.39 is 6.10 Å². The molecule has 1 atom stereocenters. The Morgan fingerprint density at radius 2 is 1.72 bits per heavy atom. The van der Waals surface area contributed by atoms with Crippen molar-refractivity contribution in [2.75, 3.05) is 31.1 Å². The number of piperidine rings is 1. The van der Waals surface area contributed by atoms with Gasteiger partial charge in [0.05, 0.1) is 12.2 Å². The summed E-state index contributed by atoms with van der Waals surface area (Å²) in [5, 5.41) is 2.83. The van der Waals surface area contributed by atoms with Crippen LogP contribution in [0.4, 0.5) is 5.69 Å². The number of hydrogen-bond acceptors (Lipinski definition) is 4. The number of fused-ring (bicyclic) bond motifs is 1. The van der Waals surface area contributed by atoms with E-state index >= 15 is 0 Å².